The second-order valence-corrected chi connectivity index (χ2v) is 3.99. The SMILES string of the molecule is Cl.Cl.O=C(O)CCc1ccc(N(CCO)CCO)cc1. The van der Waals surface area contributed by atoms with Gasteiger partial charge in [0.2, 0.25) is 0 Å². The maximum absolute atomic E-state index is 10.5. The zero-order valence-electron chi connectivity index (χ0n) is 11.1. The smallest absolute Gasteiger partial charge is 0.303 e. The van der Waals surface area contributed by atoms with Crippen LogP contribution in [0.25, 0.3) is 0 Å². The molecule has 1 aromatic rings. The number of aliphatic hydroxyl groups is 2. The zero-order valence-corrected chi connectivity index (χ0v) is 12.7. The predicted molar refractivity (Wildman–Crippen MR) is 83.3 cm³/mol. The molecule has 7 heteroatoms. The number of benzene rings is 1. The van der Waals surface area contributed by atoms with Crippen molar-refractivity contribution in [2.24, 2.45) is 0 Å². The lowest BCUT2D eigenvalue weighted by atomic mass is 10.1. The first kappa shape index (κ1) is 21.3. The van der Waals surface area contributed by atoms with Crippen molar-refractivity contribution < 1.29 is 20.1 Å². The van der Waals surface area contributed by atoms with Gasteiger partial charge in [0, 0.05) is 25.2 Å². The van der Waals surface area contributed by atoms with E-state index in [-0.39, 0.29) is 44.4 Å². The van der Waals surface area contributed by atoms with E-state index in [1.54, 1.807) is 0 Å². The molecule has 0 unspecified atom stereocenters. The molecule has 0 spiro atoms. The molecule has 5 nitrogen and oxygen atoms in total. The first-order valence-electron chi connectivity index (χ1n) is 5.94. The fourth-order valence-electron chi connectivity index (χ4n) is 1.74. The molecule has 0 amide bonds. The van der Waals surface area contributed by atoms with Crippen LogP contribution in [0, 0.1) is 0 Å². The molecule has 20 heavy (non-hydrogen) atoms. The van der Waals surface area contributed by atoms with E-state index in [0.717, 1.165) is 11.3 Å². The third-order valence-corrected chi connectivity index (χ3v) is 2.67. The fourth-order valence-corrected chi connectivity index (χ4v) is 1.74. The van der Waals surface area contributed by atoms with Gasteiger partial charge in [0.25, 0.3) is 0 Å². The molecular formula is C13H21Cl2NO4. The number of nitrogens with zero attached hydrogens (tertiary/aromatic N) is 1. The maximum Gasteiger partial charge on any atom is 0.303 e. The number of carboxylic acids is 1. The molecule has 0 aliphatic heterocycles. The summed E-state index contributed by atoms with van der Waals surface area (Å²) in [5.41, 5.74) is 1.88. The fraction of sp³-hybridized carbons (Fsp3) is 0.462. The summed E-state index contributed by atoms with van der Waals surface area (Å²) in [4.78, 5) is 12.3. The van der Waals surface area contributed by atoms with Gasteiger partial charge in [-0.15, -0.1) is 24.8 Å². The largest absolute Gasteiger partial charge is 0.481 e. The van der Waals surface area contributed by atoms with E-state index in [9.17, 15) is 4.79 Å². The van der Waals surface area contributed by atoms with Crippen LogP contribution in [0.2, 0.25) is 0 Å². The van der Waals surface area contributed by atoms with E-state index in [0.29, 0.717) is 19.5 Å². The number of aliphatic carboxylic acids is 1. The number of anilines is 1. The van der Waals surface area contributed by atoms with Gasteiger partial charge in [-0.05, 0) is 24.1 Å². The first-order chi connectivity index (χ1) is 8.67. The molecular weight excluding hydrogens is 305 g/mol. The highest BCUT2D eigenvalue weighted by Gasteiger charge is 2.05. The molecule has 0 aromatic heterocycles. The second-order valence-electron chi connectivity index (χ2n) is 3.99. The van der Waals surface area contributed by atoms with E-state index >= 15 is 0 Å². The summed E-state index contributed by atoms with van der Waals surface area (Å²) in [7, 11) is 0. The summed E-state index contributed by atoms with van der Waals surface area (Å²) in [6, 6.07) is 7.51. The molecule has 0 atom stereocenters. The molecule has 0 radical (unpaired) electrons. The number of hydrogen-bond acceptors (Lipinski definition) is 4. The van der Waals surface area contributed by atoms with Crippen molar-refractivity contribution >= 4 is 36.5 Å². The van der Waals surface area contributed by atoms with Crippen LogP contribution in [0.5, 0.6) is 0 Å². The number of rotatable bonds is 8. The van der Waals surface area contributed by atoms with Gasteiger partial charge in [-0.3, -0.25) is 4.79 Å². The van der Waals surface area contributed by atoms with Crippen molar-refractivity contribution in [3.63, 3.8) is 0 Å². The number of carboxylic acid groups (broad SMARTS) is 1. The van der Waals surface area contributed by atoms with Gasteiger partial charge in [-0.25, -0.2) is 0 Å². The van der Waals surface area contributed by atoms with E-state index in [2.05, 4.69) is 0 Å². The number of halogens is 2. The van der Waals surface area contributed by atoms with Crippen molar-refractivity contribution in [1.82, 2.24) is 0 Å². The van der Waals surface area contributed by atoms with Crippen LogP contribution in [-0.2, 0) is 11.2 Å². The van der Waals surface area contributed by atoms with Crippen LogP contribution in [0.1, 0.15) is 12.0 Å². The predicted octanol–water partition coefficient (Wildman–Crippen LogP) is 1.34. The van der Waals surface area contributed by atoms with Crippen LogP contribution >= 0.6 is 24.8 Å². The normalized spacial score (nSPS) is 9.30. The van der Waals surface area contributed by atoms with E-state index in [1.165, 1.54) is 0 Å². The van der Waals surface area contributed by atoms with Gasteiger partial charge >= 0.3 is 5.97 Å². The molecule has 116 valence electrons. The molecule has 0 aliphatic carbocycles. The summed E-state index contributed by atoms with van der Waals surface area (Å²) in [5.74, 6) is -0.804. The van der Waals surface area contributed by atoms with E-state index < -0.39 is 5.97 Å². The van der Waals surface area contributed by atoms with Crippen LogP contribution in [0.3, 0.4) is 0 Å². The highest BCUT2D eigenvalue weighted by molar-refractivity contribution is 5.85. The molecule has 0 saturated heterocycles. The van der Waals surface area contributed by atoms with Gasteiger partial charge in [-0.1, -0.05) is 12.1 Å². The van der Waals surface area contributed by atoms with Crippen LogP contribution in [0.15, 0.2) is 24.3 Å². The zero-order chi connectivity index (χ0) is 13.4. The molecule has 0 aliphatic rings. The van der Waals surface area contributed by atoms with Crippen molar-refractivity contribution in [1.29, 1.82) is 0 Å². The average molecular weight is 326 g/mol. The molecule has 0 fully saturated rings. The molecule has 0 bridgehead atoms. The molecule has 3 N–H and O–H groups in total. The lowest BCUT2D eigenvalue weighted by Crippen LogP contribution is -2.29. The highest BCUT2D eigenvalue weighted by Crippen LogP contribution is 2.15. The van der Waals surface area contributed by atoms with Crippen molar-refractivity contribution in [3.8, 4) is 0 Å². The van der Waals surface area contributed by atoms with Gasteiger partial charge < -0.3 is 20.2 Å². The monoisotopic (exact) mass is 325 g/mol. The number of carbonyl (C=O) groups is 1. The Labute approximate surface area is 131 Å². The Morgan fingerprint density at radius 1 is 1.00 bits per heavy atom. The minimum atomic E-state index is -0.804. The van der Waals surface area contributed by atoms with Crippen molar-refractivity contribution in [3.05, 3.63) is 29.8 Å². The Morgan fingerprint density at radius 3 is 1.90 bits per heavy atom. The number of aliphatic hydroxyl groups excluding tert-OH is 2. The summed E-state index contributed by atoms with van der Waals surface area (Å²) >= 11 is 0. The topological polar surface area (TPSA) is 81.0 Å². The van der Waals surface area contributed by atoms with Crippen LogP contribution < -0.4 is 4.90 Å². The minimum Gasteiger partial charge on any atom is -0.481 e. The van der Waals surface area contributed by atoms with Gasteiger partial charge in [0.1, 0.15) is 0 Å². The van der Waals surface area contributed by atoms with Crippen molar-refractivity contribution in [2.75, 3.05) is 31.2 Å². The van der Waals surface area contributed by atoms with Gasteiger partial charge in [0.05, 0.1) is 13.2 Å². The van der Waals surface area contributed by atoms with Crippen LogP contribution in [-0.4, -0.2) is 47.6 Å². The molecule has 0 heterocycles. The Bertz CT molecular complexity index is 367. The lowest BCUT2D eigenvalue weighted by Gasteiger charge is -2.23. The summed E-state index contributed by atoms with van der Waals surface area (Å²) in [6.45, 7) is 0.992. The second kappa shape index (κ2) is 11.8. The quantitative estimate of drug-likeness (QED) is 0.672. The lowest BCUT2D eigenvalue weighted by molar-refractivity contribution is -0.136. The molecule has 1 aromatic carbocycles. The maximum atomic E-state index is 10.5. The third-order valence-electron chi connectivity index (χ3n) is 2.67. The Hall–Kier alpha value is -1.01. The van der Waals surface area contributed by atoms with E-state index in [4.69, 9.17) is 15.3 Å². The van der Waals surface area contributed by atoms with Crippen LogP contribution in [0.4, 0.5) is 5.69 Å². The Balaban J connectivity index is 0. The number of hydrogen-bond donors (Lipinski definition) is 3. The third kappa shape index (κ3) is 7.55. The average Bonchev–Trinajstić information content (AvgIpc) is 2.37. The minimum absolute atomic E-state index is 0. The summed E-state index contributed by atoms with van der Waals surface area (Å²) in [6.07, 6.45) is 0.631. The Morgan fingerprint density at radius 2 is 1.50 bits per heavy atom. The molecule has 0 saturated carbocycles. The number of aryl methyl sites for hydroxylation is 1. The van der Waals surface area contributed by atoms with E-state index in [1.807, 2.05) is 29.2 Å². The summed E-state index contributed by atoms with van der Waals surface area (Å²) in [5, 5.41) is 26.5. The van der Waals surface area contributed by atoms with Gasteiger partial charge in [0.15, 0.2) is 0 Å². The first-order valence-corrected chi connectivity index (χ1v) is 5.94. The standard InChI is InChI=1S/C13H19NO4.2ClH/c15-9-7-14(8-10-16)12-4-1-11(2-5-12)3-6-13(17)18;;/h1-2,4-5,15-16H,3,6-10H2,(H,17,18);2*1H. The summed E-state index contributed by atoms with van der Waals surface area (Å²) < 4.78 is 0. The van der Waals surface area contributed by atoms with Gasteiger partial charge in [-0.2, -0.15) is 0 Å². The molecule has 1 rings (SSSR count). The Kier molecular flexibility index (Phi) is 12.5. The van der Waals surface area contributed by atoms with Crippen molar-refractivity contribution in [2.45, 2.75) is 12.8 Å². The highest BCUT2D eigenvalue weighted by atomic mass is 35.5.